The number of hydrogen-bond acceptors (Lipinski definition) is 9. The molecular formula is C18H18FN5O4S. The van der Waals surface area contributed by atoms with Gasteiger partial charge >= 0.3 is 0 Å². The van der Waals surface area contributed by atoms with Crippen molar-refractivity contribution in [2.75, 3.05) is 38.6 Å². The summed E-state index contributed by atoms with van der Waals surface area (Å²) >= 11 is 1.18. The molecule has 0 bridgehead atoms. The van der Waals surface area contributed by atoms with Crippen molar-refractivity contribution < 1.29 is 23.4 Å². The Hall–Kier alpha value is -3.47. The van der Waals surface area contributed by atoms with E-state index in [1.807, 2.05) is 0 Å². The number of hydrogen-bond donors (Lipinski definition) is 2. The highest BCUT2D eigenvalue weighted by Crippen LogP contribution is 2.40. The van der Waals surface area contributed by atoms with Gasteiger partial charge in [-0.1, -0.05) is 11.3 Å². The number of carbonyl (C=O) groups excluding carboxylic acids is 1. The first-order valence-electron chi connectivity index (χ1n) is 8.30. The van der Waals surface area contributed by atoms with Crippen molar-refractivity contribution in [3.05, 3.63) is 30.6 Å². The zero-order valence-corrected chi connectivity index (χ0v) is 16.7. The molecule has 2 heterocycles. The van der Waals surface area contributed by atoms with Gasteiger partial charge in [0.05, 0.1) is 31.9 Å². The van der Waals surface area contributed by atoms with E-state index >= 15 is 0 Å². The Labute approximate surface area is 169 Å². The van der Waals surface area contributed by atoms with E-state index in [0.29, 0.717) is 44.6 Å². The van der Waals surface area contributed by atoms with Gasteiger partial charge < -0.3 is 19.5 Å². The summed E-state index contributed by atoms with van der Waals surface area (Å²) in [5, 5.41) is 5.75. The van der Waals surface area contributed by atoms with E-state index in [1.165, 1.54) is 32.7 Å². The Bertz CT molecular complexity index is 988. The number of carbonyl (C=O) groups is 1. The van der Waals surface area contributed by atoms with Gasteiger partial charge in [-0.25, -0.2) is 19.3 Å². The first kappa shape index (κ1) is 20.3. The second-order valence-corrected chi connectivity index (χ2v) is 6.55. The number of aromatic nitrogens is 3. The van der Waals surface area contributed by atoms with E-state index in [4.69, 9.17) is 14.2 Å². The quantitative estimate of drug-likeness (QED) is 0.573. The average Bonchev–Trinajstić information content (AvgIpc) is 3.21. The molecule has 11 heteroatoms. The summed E-state index contributed by atoms with van der Waals surface area (Å²) < 4.78 is 28.3. The fourth-order valence-corrected chi connectivity index (χ4v) is 3.24. The van der Waals surface area contributed by atoms with Gasteiger partial charge in [0.1, 0.15) is 0 Å². The number of nitrogens with one attached hydrogen (secondary N) is 2. The summed E-state index contributed by atoms with van der Waals surface area (Å²) in [4.78, 5) is 24.6. The molecule has 1 aromatic carbocycles. The molecule has 9 nitrogen and oxygen atoms in total. The van der Waals surface area contributed by atoms with Gasteiger partial charge in [0.25, 0.3) is 5.91 Å². The highest BCUT2D eigenvalue weighted by atomic mass is 32.1. The molecule has 3 aromatic rings. The topological polar surface area (TPSA) is 107 Å². The van der Waals surface area contributed by atoms with Crippen LogP contribution in [0.4, 0.5) is 21.2 Å². The minimum absolute atomic E-state index is 0.292. The molecule has 0 atom stereocenters. The number of nitrogens with zero attached hydrogens (tertiary/aromatic N) is 3. The van der Waals surface area contributed by atoms with Crippen LogP contribution in [0.5, 0.6) is 17.2 Å². The van der Waals surface area contributed by atoms with E-state index in [1.54, 1.807) is 30.6 Å². The van der Waals surface area contributed by atoms with Crippen LogP contribution in [0.2, 0.25) is 0 Å². The molecule has 2 aromatic heterocycles. The molecule has 0 unspecified atom stereocenters. The summed E-state index contributed by atoms with van der Waals surface area (Å²) in [6.07, 6.45) is 3.13. The molecule has 0 spiro atoms. The summed E-state index contributed by atoms with van der Waals surface area (Å²) in [5.74, 6) is 1.03. The molecule has 0 saturated heterocycles. The molecule has 0 aliphatic heterocycles. The molecule has 1 amide bonds. The molecule has 2 N–H and O–H groups in total. The normalized spacial score (nSPS) is 10.3. The Morgan fingerprint density at radius 1 is 1.14 bits per heavy atom. The van der Waals surface area contributed by atoms with Crippen molar-refractivity contribution in [1.82, 2.24) is 15.0 Å². The molecule has 0 radical (unpaired) electrons. The number of halogens is 1. The lowest BCUT2D eigenvalue weighted by atomic mass is 10.2. The summed E-state index contributed by atoms with van der Waals surface area (Å²) in [5.41, 5.74) is 1.23. The van der Waals surface area contributed by atoms with E-state index in [9.17, 15) is 9.18 Å². The zero-order valence-electron chi connectivity index (χ0n) is 15.9. The van der Waals surface area contributed by atoms with E-state index in [0.717, 1.165) is 0 Å². The minimum atomic E-state index is -1.11. The number of ether oxygens (including phenoxy) is 3. The molecule has 29 heavy (non-hydrogen) atoms. The summed E-state index contributed by atoms with van der Waals surface area (Å²) in [6, 6.07) is 5.16. The van der Waals surface area contributed by atoms with Crippen molar-refractivity contribution in [2.45, 2.75) is 0 Å². The number of methoxy groups -OCH3 is 3. The Kier molecular flexibility index (Phi) is 6.39. The van der Waals surface area contributed by atoms with Gasteiger partial charge in [0.15, 0.2) is 23.3 Å². The van der Waals surface area contributed by atoms with Crippen LogP contribution in [0.1, 0.15) is 0 Å². The van der Waals surface area contributed by atoms with E-state index in [2.05, 4.69) is 25.6 Å². The Morgan fingerprint density at radius 3 is 2.48 bits per heavy atom. The van der Waals surface area contributed by atoms with Gasteiger partial charge in [0, 0.05) is 30.2 Å². The number of rotatable bonds is 8. The van der Waals surface area contributed by atoms with Crippen LogP contribution in [0.15, 0.2) is 30.6 Å². The van der Waals surface area contributed by atoms with Crippen LogP contribution < -0.4 is 24.8 Å². The minimum Gasteiger partial charge on any atom is -0.493 e. The number of benzene rings is 1. The SMILES string of the molecule is COc1cc(Nc2nccc(-c3cnc(NC(=O)CF)s3)n2)cc(OC)c1OC. The lowest BCUT2D eigenvalue weighted by Crippen LogP contribution is -2.12. The third-order valence-corrected chi connectivity index (χ3v) is 4.64. The third-order valence-electron chi connectivity index (χ3n) is 3.70. The number of amides is 1. The standard InChI is InChI=1S/C18H18FN5O4S/c1-26-12-6-10(7-13(27-2)16(12)28-3)22-17-20-5-4-11(23-17)14-9-21-18(29-14)24-15(25)8-19/h4-7,9H,8H2,1-3H3,(H,20,22,23)(H,21,24,25). The van der Waals surface area contributed by atoms with Crippen LogP contribution in [0, 0.1) is 0 Å². The van der Waals surface area contributed by atoms with Crippen molar-refractivity contribution in [3.63, 3.8) is 0 Å². The highest BCUT2D eigenvalue weighted by molar-refractivity contribution is 7.19. The van der Waals surface area contributed by atoms with Gasteiger partial charge in [-0.05, 0) is 6.07 Å². The lowest BCUT2D eigenvalue weighted by molar-refractivity contribution is -0.117. The summed E-state index contributed by atoms with van der Waals surface area (Å²) in [6.45, 7) is -1.11. The first-order valence-corrected chi connectivity index (χ1v) is 9.11. The third kappa shape index (κ3) is 4.69. The smallest absolute Gasteiger partial charge is 0.257 e. The molecule has 3 rings (SSSR count). The summed E-state index contributed by atoms with van der Waals surface area (Å²) in [7, 11) is 4.59. The van der Waals surface area contributed by atoms with Crippen LogP contribution >= 0.6 is 11.3 Å². The number of anilines is 3. The number of thiazole rings is 1. The largest absolute Gasteiger partial charge is 0.493 e. The maximum Gasteiger partial charge on any atom is 0.257 e. The fourth-order valence-electron chi connectivity index (χ4n) is 2.44. The van der Waals surface area contributed by atoms with Crippen LogP contribution in [0.25, 0.3) is 10.6 Å². The van der Waals surface area contributed by atoms with Crippen LogP contribution in [-0.2, 0) is 4.79 Å². The highest BCUT2D eigenvalue weighted by Gasteiger charge is 2.14. The average molecular weight is 419 g/mol. The van der Waals surface area contributed by atoms with Gasteiger partial charge in [-0.3, -0.25) is 10.1 Å². The Balaban J connectivity index is 1.84. The van der Waals surface area contributed by atoms with Crippen molar-refractivity contribution in [3.8, 4) is 27.8 Å². The molecule has 0 aliphatic rings. The Morgan fingerprint density at radius 2 is 1.86 bits per heavy atom. The molecular weight excluding hydrogens is 401 g/mol. The zero-order chi connectivity index (χ0) is 20.8. The fraction of sp³-hybridized carbons (Fsp3) is 0.222. The second-order valence-electron chi connectivity index (χ2n) is 5.52. The maximum atomic E-state index is 12.3. The van der Waals surface area contributed by atoms with Gasteiger partial charge in [0.2, 0.25) is 11.7 Å². The van der Waals surface area contributed by atoms with Crippen molar-refractivity contribution >= 4 is 34.0 Å². The van der Waals surface area contributed by atoms with Crippen LogP contribution in [0.3, 0.4) is 0 Å². The maximum absolute atomic E-state index is 12.3. The second kappa shape index (κ2) is 9.15. The monoisotopic (exact) mass is 419 g/mol. The van der Waals surface area contributed by atoms with Crippen LogP contribution in [-0.4, -0.2) is 48.9 Å². The predicted octanol–water partition coefficient (Wildman–Crippen LogP) is 3.28. The predicted molar refractivity (Wildman–Crippen MR) is 107 cm³/mol. The van der Waals surface area contributed by atoms with Crippen molar-refractivity contribution in [1.29, 1.82) is 0 Å². The van der Waals surface area contributed by atoms with Gasteiger partial charge in [-0.2, -0.15) is 0 Å². The van der Waals surface area contributed by atoms with E-state index in [-0.39, 0.29) is 0 Å². The lowest BCUT2D eigenvalue weighted by Gasteiger charge is -2.14. The van der Waals surface area contributed by atoms with E-state index < -0.39 is 12.6 Å². The first-order chi connectivity index (χ1) is 14.1. The molecule has 0 saturated carbocycles. The van der Waals surface area contributed by atoms with Gasteiger partial charge in [-0.15, -0.1) is 0 Å². The molecule has 0 fully saturated rings. The molecule has 152 valence electrons. The van der Waals surface area contributed by atoms with Crippen molar-refractivity contribution in [2.24, 2.45) is 0 Å². The number of alkyl halides is 1. The molecule has 0 aliphatic carbocycles.